The number of aromatic nitrogens is 2. The predicted molar refractivity (Wildman–Crippen MR) is 100 cm³/mol. The zero-order valence-corrected chi connectivity index (χ0v) is 16.6. The van der Waals surface area contributed by atoms with Gasteiger partial charge in [0.1, 0.15) is 5.75 Å². The van der Waals surface area contributed by atoms with Gasteiger partial charge in [0, 0.05) is 18.7 Å². The summed E-state index contributed by atoms with van der Waals surface area (Å²) in [6.07, 6.45) is -0.793. The van der Waals surface area contributed by atoms with Gasteiger partial charge in [-0.3, -0.25) is 0 Å². The van der Waals surface area contributed by atoms with Crippen molar-refractivity contribution in [3.8, 4) is 17.1 Å². The van der Waals surface area contributed by atoms with Crippen LogP contribution < -0.4 is 4.74 Å². The Hall–Kier alpha value is -2.89. The number of nitrogens with zero attached hydrogens (tertiary/aromatic N) is 3. The van der Waals surface area contributed by atoms with Gasteiger partial charge in [-0.25, -0.2) is 17.2 Å². The summed E-state index contributed by atoms with van der Waals surface area (Å²) in [6, 6.07) is 9.47. The average Bonchev–Trinajstić information content (AvgIpc) is 3.26. The van der Waals surface area contributed by atoms with Gasteiger partial charge in [0.2, 0.25) is 15.8 Å². The first kappa shape index (κ1) is 20.4. The standard InChI is InChI=1S/C19H17F2N3O5S/c1-27-13-4-2-12(3-5-13)18-22-19(29-23-18)17-11-24(8-9-28-17)30(25,26)14-6-7-15(20)16(21)10-14/h2-7,10,17H,8-9,11H2,1H3/t17-/m0/s1. The summed E-state index contributed by atoms with van der Waals surface area (Å²) >= 11 is 0. The lowest BCUT2D eigenvalue weighted by molar-refractivity contribution is -0.0199. The molecule has 0 radical (unpaired) electrons. The number of ether oxygens (including phenoxy) is 2. The van der Waals surface area contributed by atoms with Crippen molar-refractivity contribution < 1.29 is 31.2 Å². The second-order valence-corrected chi connectivity index (χ2v) is 8.42. The third-order valence-corrected chi connectivity index (χ3v) is 6.48. The molecule has 0 saturated carbocycles. The Bertz CT molecular complexity index is 1150. The third-order valence-electron chi connectivity index (χ3n) is 4.62. The summed E-state index contributed by atoms with van der Waals surface area (Å²) in [6.45, 7) is 0.0245. The van der Waals surface area contributed by atoms with E-state index in [9.17, 15) is 17.2 Å². The van der Waals surface area contributed by atoms with Crippen LogP contribution in [0, 0.1) is 11.6 Å². The molecule has 8 nitrogen and oxygen atoms in total. The molecular formula is C19H17F2N3O5S. The lowest BCUT2D eigenvalue weighted by atomic mass is 10.2. The summed E-state index contributed by atoms with van der Waals surface area (Å²) in [5.41, 5.74) is 0.688. The summed E-state index contributed by atoms with van der Waals surface area (Å²) in [5.74, 6) is -1.24. The van der Waals surface area contributed by atoms with Gasteiger partial charge in [-0.05, 0) is 42.5 Å². The molecule has 1 aliphatic rings. The second kappa shape index (κ2) is 8.09. The van der Waals surface area contributed by atoms with E-state index in [2.05, 4.69) is 10.1 Å². The van der Waals surface area contributed by atoms with Gasteiger partial charge in [-0.15, -0.1) is 0 Å². The Morgan fingerprint density at radius 2 is 1.90 bits per heavy atom. The Morgan fingerprint density at radius 1 is 1.13 bits per heavy atom. The van der Waals surface area contributed by atoms with Gasteiger partial charge in [0.15, 0.2) is 17.7 Å². The molecule has 1 aromatic heterocycles. The van der Waals surface area contributed by atoms with Crippen molar-refractivity contribution in [1.29, 1.82) is 0 Å². The molecule has 0 N–H and O–H groups in total. The van der Waals surface area contributed by atoms with E-state index in [4.69, 9.17) is 14.0 Å². The van der Waals surface area contributed by atoms with E-state index in [0.29, 0.717) is 23.2 Å². The summed E-state index contributed by atoms with van der Waals surface area (Å²) in [7, 11) is -2.49. The molecule has 30 heavy (non-hydrogen) atoms. The summed E-state index contributed by atoms with van der Waals surface area (Å²) in [4.78, 5) is 3.96. The number of halogens is 2. The molecule has 0 spiro atoms. The van der Waals surface area contributed by atoms with Crippen LogP contribution in [0.2, 0.25) is 0 Å². The largest absolute Gasteiger partial charge is 0.497 e. The highest BCUT2D eigenvalue weighted by atomic mass is 32.2. The lowest BCUT2D eigenvalue weighted by Crippen LogP contribution is -2.42. The second-order valence-electron chi connectivity index (χ2n) is 6.48. The van der Waals surface area contributed by atoms with Gasteiger partial charge in [-0.1, -0.05) is 5.16 Å². The highest BCUT2D eigenvalue weighted by Crippen LogP contribution is 2.28. The minimum Gasteiger partial charge on any atom is -0.497 e. The van der Waals surface area contributed by atoms with Crippen LogP contribution in [-0.2, 0) is 14.8 Å². The van der Waals surface area contributed by atoms with Crippen LogP contribution in [0.1, 0.15) is 12.0 Å². The monoisotopic (exact) mass is 437 g/mol. The number of rotatable bonds is 5. The highest BCUT2D eigenvalue weighted by molar-refractivity contribution is 7.89. The van der Waals surface area contributed by atoms with Crippen molar-refractivity contribution >= 4 is 10.0 Å². The molecule has 0 aliphatic carbocycles. The smallest absolute Gasteiger partial charge is 0.257 e. The fraction of sp³-hybridized carbons (Fsp3) is 0.263. The van der Waals surface area contributed by atoms with Crippen LogP contribution in [-0.4, -0.2) is 49.7 Å². The first-order valence-electron chi connectivity index (χ1n) is 8.93. The zero-order chi connectivity index (χ0) is 21.3. The maximum atomic E-state index is 13.5. The lowest BCUT2D eigenvalue weighted by Gasteiger charge is -2.30. The van der Waals surface area contributed by atoms with Crippen molar-refractivity contribution in [2.75, 3.05) is 26.8 Å². The minimum atomic E-state index is -4.05. The number of benzene rings is 2. The van der Waals surface area contributed by atoms with E-state index < -0.39 is 27.8 Å². The van der Waals surface area contributed by atoms with Gasteiger partial charge >= 0.3 is 0 Å². The van der Waals surface area contributed by atoms with Crippen molar-refractivity contribution in [2.45, 2.75) is 11.0 Å². The van der Waals surface area contributed by atoms with Crippen LogP contribution >= 0.6 is 0 Å². The third kappa shape index (κ3) is 3.91. The van der Waals surface area contributed by atoms with Gasteiger partial charge in [0.25, 0.3) is 5.89 Å². The number of morpholine rings is 1. The Morgan fingerprint density at radius 3 is 2.60 bits per heavy atom. The molecule has 158 valence electrons. The summed E-state index contributed by atoms with van der Waals surface area (Å²) in [5, 5.41) is 3.92. The van der Waals surface area contributed by atoms with Gasteiger partial charge in [0.05, 0.1) is 18.6 Å². The average molecular weight is 437 g/mol. The van der Waals surface area contributed by atoms with Gasteiger partial charge < -0.3 is 14.0 Å². The van der Waals surface area contributed by atoms with E-state index >= 15 is 0 Å². The Balaban J connectivity index is 1.54. The van der Waals surface area contributed by atoms with Crippen molar-refractivity contribution in [3.05, 3.63) is 60.0 Å². The first-order chi connectivity index (χ1) is 14.4. The van der Waals surface area contributed by atoms with E-state index in [-0.39, 0.29) is 30.5 Å². The molecule has 1 atom stereocenters. The normalized spacial score (nSPS) is 17.8. The maximum Gasteiger partial charge on any atom is 0.257 e. The van der Waals surface area contributed by atoms with Crippen LogP contribution in [0.25, 0.3) is 11.4 Å². The topological polar surface area (TPSA) is 94.8 Å². The fourth-order valence-electron chi connectivity index (χ4n) is 3.00. The predicted octanol–water partition coefficient (Wildman–Crippen LogP) is 2.79. The van der Waals surface area contributed by atoms with Crippen LogP contribution in [0.4, 0.5) is 8.78 Å². The van der Waals surface area contributed by atoms with E-state index in [0.717, 1.165) is 16.4 Å². The minimum absolute atomic E-state index is 0.0529. The Labute approximate surface area is 171 Å². The number of methoxy groups -OCH3 is 1. The molecule has 2 heterocycles. The van der Waals surface area contributed by atoms with Crippen molar-refractivity contribution in [1.82, 2.24) is 14.4 Å². The van der Waals surface area contributed by atoms with Crippen LogP contribution in [0.15, 0.2) is 51.9 Å². The fourth-order valence-corrected chi connectivity index (χ4v) is 4.44. The molecule has 1 saturated heterocycles. The molecule has 11 heteroatoms. The number of hydrogen-bond acceptors (Lipinski definition) is 7. The molecule has 0 bridgehead atoms. The molecular weight excluding hydrogens is 420 g/mol. The molecule has 0 unspecified atom stereocenters. The molecule has 1 fully saturated rings. The number of hydrogen-bond donors (Lipinski definition) is 0. The SMILES string of the molecule is COc1ccc(-c2noc([C@@H]3CN(S(=O)(=O)c4ccc(F)c(F)c4)CCO3)n2)cc1. The van der Waals surface area contributed by atoms with Gasteiger partial charge in [-0.2, -0.15) is 9.29 Å². The van der Waals surface area contributed by atoms with E-state index in [1.807, 2.05) is 0 Å². The highest BCUT2D eigenvalue weighted by Gasteiger charge is 2.34. The molecule has 4 rings (SSSR count). The molecule has 3 aromatic rings. The quantitative estimate of drug-likeness (QED) is 0.606. The number of sulfonamides is 1. The van der Waals surface area contributed by atoms with Crippen molar-refractivity contribution in [2.24, 2.45) is 0 Å². The van der Waals surface area contributed by atoms with E-state index in [1.54, 1.807) is 31.4 Å². The van der Waals surface area contributed by atoms with Crippen LogP contribution in [0.3, 0.4) is 0 Å². The molecule has 0 amide bonds. The Kier molecular flexibility index (Phi) is 5.50. The molecule has 2 aromatic carbocycles. The summed E-state index contributed by atoms with van der Waals surface area (Å²) < 4.78 is 69.4. The molecule has 1 aliphatic heterocycles. The first-order valence-corrected chi connectivity index (χ1v) is 10.4. The van der Waals surface area contributed by atoms with E-state index in [1.165, 1.54) is 0 Å². The maximum absolute atomic E-state index is 13.5. The van der Waals surface area contributed by atoms with Crippen molar-refractivity contribution in [3.63, 3.8) is 0 Å². The van der Waals surface area contributed by atoms with Crippen LogP contribution in [0.5, 0.6) is 5.75 Å². The zero-order valence-electron chi connectivity index (χ0n) is 15.8.